The Balaban J connectivity index is 2.11. The highest BCUT2D eigenvalue weighted by atomic mass is 35.5. The van der Waals surface area contributed by atoms with Crippen molar-refractivity contribution in [3.8, 4) is 0 Å². The molecule has 1 saturated heterocycles. The monoisotopic (exact) mass is 251 g/mol. The number of aromatic nitrogens is 2. The summed E-state index contributed by atoms with van der Waals surface area (Å²) in [5.41, 5.74) is 0. The van der Waals surface area contributed by atoms with E-state index >= 15 is 0 Å². The lowest BCUT2D eigenvalue weighted by Crippen LogP contribution is -2.26. The second-order valence-corrected chi connectivity index (χ2v) is 5.65. The Labute approximate surface area is 94.0 Å². The van der Waals surface area contributed by atoms with E-state index < -0.39 is 10.8 Å². The van der Waals surface area contributed by atoms with E-state index in [-0.39, 0.29) is 0 Å². The molecule has 1 atom stereocenters. The third-order valence-corrected chi connectivity index (χ3v) is 4.38. The minimum atomic E-state index is -0.676. The molecule has 0 amide bonds. The van der Waals surface area contributed by atoms with Gasteiger partial charge in [0, 0.05) is 35.4 Å². The van der Waals surface area contributed by atoms with Crippen molar-refractivity contribution in [3.05, 3.63) is 5.15 Å². The molecule has 0 saturated carbocycles. The van der Waals surface area contributed by atoms with Gasteiger partial charge in [0.1, 0.15) is 0 Å². The van der Waals surface area contributed by atoms with E-state index in [1.54, 1.807) is 0 Å². The number of anilines is 1. The normalized spacial score (nSPS) is 23.5. The standard InChI is InChI=1S/C7H10ClN3OS2/c8-6-7(10-13-9-6)11-2-1-4-14(12)5-3-11/h1-5H2. The number of rotatable bonds is 1. The second kappa shape index (κ2) is 4.55. The third kappa shape index (κ3) is 2.24. The lowest BCUT2D eigenvalue weighted by molar-refractivity contribution is 0.683. The van der Waals surface area contributed by atoms with Gasteiger partial charge in [0.2, 0.25) is 0 Å². The lowest BCUT2D eigenvalue weighted by atomic mass is 10.4. The molecule has 1 aliphatic heterocycles. The number of halogens is 1. The average Bonchev–Trinajstić information content (AvgIpc) is 2.46. The minimum absolute atomic E-state index is 0.461. The maximum Gasteiger partial charge on any atom is 0.187 e. The van der Waals surface area contributed by atoms with Gasteiger partial charge in [0.25, 0.3) is 0 Å². The summed E-state index contributed by atoms with van der Waals surface area (Å²) in [6.45, 7) is 1.63. The van der Waals surface area contributed by atoms with Gasteiger partial charge >= 0.3 is 0 Å². The Bertz CT molecular complexity index is 343. The predicted molar refractivity (Wildman–Crippen MR) is 59.6 cm³/mol. The second-order valence-electron chi connectivity index (χ2n) is 3.07. The summed E-state index contributed by atoms with van der Waals surface area (Å²) in [6.07, 6.45) is 0.931. The molecule has 1 aromatic heterocycles. The van der Waals surface area contributed by atoms with Crippen LogP contribution in [0.15, 0.2) is 0 Å². The largest absolute Gasteiger partial charge is 0.352 e. The predicted octanol–water partition coefficient (Wildman–Crippen LogP) is 1.15. The zero-order chi connectivity index (χ0) is 9.97. The molecule has 1 unspecified atom stereocenters. The van der Waals surface area contributed by atoms with E-state index in [0.29, 0.717) is 10.9 Å². The SMILES string of the molecule is O=S1CCCN(c2nsnc2Cl)CC1. The quantitative estimate of drug-likeness (QED) is 0.751. The van der Waals surface area contributed by atoms with Crippen molar-refractivity contribution in [2.24, 2.45) is 0 Å². The van der Waals surface area contributed by atoms with Crippen LogP contribution in [0.25, 0.3) is 0 Å². The van der Waals surface area contributed by atoms with Gasteiger partial charge in [0.15, 0.2) is 11.0 Å². The summed E-state index contributed by atoms with van der Waals surface area (Å²) in [7, 11) is -0.676. The van der Waals surface area contributed by atoms with Crippen molar-refractivity contribution in [1.29, 1.82) is 0 Å². The fraction of sp³-hybridized carbons (Fsp3) is 0.714. The summed E-state index contributed by atoms with van der Waals surface area (Å²) in [5, 5.41) is 0.461. The molecule has 0 bridgehead atoms. The van der Waals surface area contributed by atoms with Crippen LogP contribution in [0, 0.1) is 0 Å². The Hall–Kier alpha value is -0.200. The lowest BCUT2D eigenvalue weighted by Gasteiger charge is -2.18. The van der Waals surface area contributed by atoms with Gasteiger partial charge in [-0.2, -0.15) is 8.75 Å². The molecule has 1 aliphatic rings. The molecule has 1 fully saturated rings. The molecule has 2 heterocycles. The molecule has 0 radical (unpaired) electrons. The van der Waals surface area contributed by atoms with Crippen LogP contribution in [0.5, 0.6) is 0 Å². The van der Waals surface area contributed by atoms with E-state index in [2.05, 4.69) is 13.6 Å². The smallest absolute Gasteiger partial charge is 0.187 e. The van der Waals surface area contributed by atoms with Crippen LogP contribution in [-0.4, -0.2) is 37.6 Å². The van der Waals surface area contributed by atoms with E-state index in [1.165, 1.54) is 0 Å². The van der Waals surface area contributed by atoms with Crippen molar-refractivity contribution in [2.45, 2.75) is 6.42 Å². The molecule has 0 spiro atoms. The van der Waals surface area contributed by atoms with Crippen LogP contribution in [-0.2, 0) is 10.8 Å². The summed E-state index contributed by atoms with van der Waals surface area (Å²) >= 11 is 7.00. The van der Waals surface area contributed by atoms with Gasteiger partial charge < -0.3 is 4.90 Å². The molecule has 1 aromatic rings. The van der Waals surface area contributed by atoms with Crippen LogP contribution < -0.4 is 4.90 Å². The van der Waals surface area contributed by atoms with Gasteiger partial charge in [-0.25, -0.2) is 0 Å². The molecule has 0 N–H and O–H groups in total. The molecule has 2 rings (SSSR count). The van der Waals surface area contributed by atoms with Crippen LogP contribution in [0.4, 0.5) is 5.82 Å². The number of nitrogens with zero attached hydrogens (tertiary/aromatic N) is 3. The molecular formula is C7H10ClN3OS2. The molecule has 14 heavy (non-hydrogen) atoms. The van der Waals surface area contributed by atoms with Gasteiger partial charge in [-0.1, -0.05) is 11.6 Å². The highest BCUT2D eigenvalue weighted by Crippen LogP contribution is 2.23. The summed E-state index contributed by atoms with van der Waals surface area (Å²) in [4.78, 5) is 2.07. The first-order valence-corrected chi connectivity index (χ1v) is 6.95. The van der Waals surface area contributed by atoms with Crippen molar-refractivity contribution >= 4 is 39.9 Å². The molecule has 4 nitrogen and oxygen atoms in total. The Morgan fingerprint density at radius 2 is 2.21 bits per heavy atom. The van der Waals surface area contributed by atoms with Gasteiger partial charge in [-0.15, -0.1) is 0 Å². The van der Waals surface area contributed by atoms with Gasteiger partial charge in [-0.3, -0.25) is 4.21 Å². The van der Waals surface area contributed by atoms with Crippen LogP contribution >= 0.6 is 23.3 Å². The zero-order valence-electron chi connectivity index (χ0n) is 7.48. The number of hydrogen-bond donors (Lipinski definition) is 0. The highest BCUT2D eigenvalue weighted by Gasteiger charge is 2.18. The average molecular weight is 252 g/mol. The highest BCUT2D eigenvalue weighted by molar-refractivity contribution is 7.85. The topological polar surface area (TPSA) is 46.1 Å². The zero-order valence-corrected chi connectivity index (χ0v) is 9.87. The van der Waals surface area contributed by atoms with Crippen molar-refractivity contribution < 1.29 is 4.21 Å². The summed E-state index contributed by atoms with van der Waals surface area (Å²) in [5.74, 6) is 2.23. The van der Waals surface area contributed by atoms with Crippen LogP contribution in [0.1, 0.15) is 6.42 Å². The Morgan fingerprint density at radius 1 is 1.36 bits per heavy atom. The van der Waals surface area contributed by atoms with E-state index in [4.69, 9.17) is 11.6 Å². The van der Waals surface area contributed by atoms with Crippen molar-refractivity contribution in [2.75, 3.05) is 29.5 Å². The molecule has 0 aromatic carbocycles. The Morgan fingerprint density at radius 3 is 2.93 bits per heavy atom. The molecule has 7 heteroatoms. The van der Waals surface area contributed by atoms with Gasteiger partial charge in [0.05, 0.1) is 11.7 Å². The van der Waals surface area contributed by atoms with Crippen molar-refractivity contribution in [1.82, 2.24) is 8.75 Å². The fourth-order valence-electron chi connectivity index (χ4n) is 1.42. The van der Waals surface area contributed by atoms with Crippen LogP contribution in [0.3, 0.4) is 0 Å². The Kier molecular flexibility index (Phi) is 3.35. The number of hydrogen-bond acceptors (Lipinski definition) is 5. The van der Waals surface area contributed by atoms with Crippen LogP contribution in [0.2, 0.25) is 5.15 Å². The van der Waals surface area contributed by atoms with E-state index in [0.717, 1.165) is 42.8 Å². The first-order chi connectivity index (χ1) is 6.77. The summed E-state index contributed by atoms with van der Waals surface area (Å²) < 4.78 is 19.4. The van der Waals surface area contributed by atoms with E-state index in [9.17, 15) is 4.21 Å². The third-order valence-electron chi connectivity index (χ3n) is 2.12. The van der Waals surface area contributed by atoms with Gasteiger partial charge in [-0.05, 0) is 6.42 Å². The molecule has 78 valence electrons. The maximum atomic E-state index is 11.3. The minimum Gasteiger partial charge on any atom is -0.352 e. The molecular weight excluding hydrogens is 242 g/mol. The summed E-state index contributed by atoms with van der Waals surface area (Å²) in [6, 6.07) is 0. The fourth-order valence-corrected chi connectivity index (χ4v) is 3.27. The van der Waals surface area contributed by atoms with Crippen molar-refractivity contribution in [3.63, 3.8) is 0 Å². The first-order valence-electron chi connectivity index (χ1n) is 4.35. The first kappa shape index (κ1) is 10.3. The maximum absolute atomic E-state index is 11.3. The molecule has 0 aliphatic carbocycles. The van der Waals surface area contributed by atoms with E-state index in [1.807, 2.05) is 0 Å².